The summed E-state index contributed by atoms with van der Waals surface area (Å²) in [4.78, 5) is 26.3. The van der Waals surface area contributed by atoms with Gasteiger partial charge in [-0.25, -0.2) is 4.39 Å². The highest BCUT2D eigenvalue weighted by Gasteiger charge is 2.14. The predicted octanol–water partition coefficient (Wildman–Crippen LogP) is 4.35. The van der Waals surface area contributed by atoms with Gasteiger partial charge in [0, 0.05) is 29.5 Å². The summed E-state index contributed by atoms with van der Waals surface area (Å²) < 4.78 is 12.9. The van der Waals surface area contributed by atoms with Gasteiger partial charge in [0.15, 0.2) is 0 Å². The van der Waals surface area contributed by atoms with Gasteiger partial charge in [-0.2, -0.15) is 0 Å². The van der Waals surface area contributed by atoms with Crippen LogP contribution in [-0.4, -0.2) is 18.9 Å². The molecule has 0 bridgehead atoms. The molecule has 3 aromatic carbocycles. The van der Waals surface area contributed by atoms with Gasteiger partial charge in [-0.15, -0.1) is 0 Å². The van der Waals surface area contributed by atoms with Gasteiger partial charge < -0.3 is 10.2 Å². The van der Waals surface area contributed by atoms with Crippen molar-refractivity contribution >= 4 is 23.2 Å². The molecule has 0 saturated heterocycles. The quantitative estimate of drug-likeness (QED) is 0.762. The summed E-state index contributed by atoms with van der Waals surface area (Å²) in [5.41, 5.74) is 2.18. The molecule has 5 heteroatoms. The van der Waals surface area contributed by atoms with Crippen molar-refractivity contribution in [2.45, 2.75) is 0 Å². The highest BCUT2D eigenvalue weighted by Crippen LogP contribution is 2.16. The normalized spacial score (nSPS) is 10.2. The van der Waals surface area contributed by atoms with Crippen LogP contribution in [0.5, 0.6) is 0 Å². The number of carbonyl (C=O) groups is 2. The fourth-order valence-electron chi connectivity index (χ4n) is 2.46. The van der Waals surface area contributed by atoms with Crippen LogP contribution in [0.15, 0.2) is 78.9 Å². The molecule has 0 heterocycles. The fraction of sp³-hybridized carbons (Fsp3) is 0.0476. The van der Waals surface area contributed by atoms with Gasteiger partial charge in [-0.1, -0.05) is 18.2 Å². The third kappa shape index (κ3) is 3.95. The highest BCUT2D eigenvalue weighted by atomic mass is 19.1. The first-order valence-electron chi connectivity index (χ1n) is 8.05. The summed E-state index contributed by atoms with van der Waals surface area (Å²) in [6.07, 6.45) is 0. The van der Waals surface area contributed by atoms with Crippen molar-refractivity contribution in [1.29, 1.82) is 0 Å². The molecule has 0 unspecified atom stereocenters. The van der Waals surface area contributed by atoms with Crippen LogP contribution in [0.1, 0.15) is 20.7 Å². The fourth-order valence-corrected chi connectivity index (χ4v) is 2.46. The summed E-state index contributed by atoms with van der Waals surface area (Å²) >= 11 is 0. The molecule has 2 amide bonds. The van der Waals surface area contributed by atoms with E-state index < -0.39 is 0 Å². The van der Waals surface area contributed by atoms with Crippen molar-refractivity contribution in [2.24, 2.45) is 0 Å². The maximum atomic E-state index is 12.9. The van der Waals surface area contributed by atoms with Crippen LogP contribution in [0.3, 0.4) is 0 Å². The average molecular weight is 348 g/mol. The molecular formula is C21H17FN2O2. The highest BCUT2D eigenvalue weighted by molar-refractivity contribution is 6.07. The van der Waals surface area contributed by atoms with Gasteiger partial charge in [-0.3, -0.25) is 9.59 Å². The Hall–Kier alpha value is -3.47. The number of anilines is 2. The third-order valence-electron chi connectivity index (χ3n) is 3.94. The van der Waals surface area contributed by atoms with Crippen molar-refractivity contribution in [1.82, 2.24) is 0 Å². The first kappa shape index (κ1) is 17.4. The van der Waals surface area contributed by atoms with E-state index in [4.69, 9.17) is 0 Å². The number of benzene rings is 3. The number of nitrogens with one attached hydrogen (secondary N) is 1. The molecule has 3 rings (SSSR count). The van der Waals surface area contributed by atoms with Crippen LogP contribution < -0.4 is 10.2 Å². The number of hydrogen-bond acceptors (Lipinski definition) is 2. The molecule has 0 fully saturated rings. The van der Waals surface area contributed by atoms with Crippen LogP contribution >= 0.6 is 0 Å². The smallest absolute Gasteiger partial charge is 0.258 e. The molecule has 1 N–H and O–H groups in total. The zero-order valence-corrected chi connectivity index (χ0v) is 14.1. The van der Waals surface area contributed by atoms with E-state index in [-0.39, 0.29) is 17.6 Å². The SMILES string of the molecule is CN(C(=O)c1ccc(C(=O)Nc2ccc(F)cc2)cc1)c1ccccc1. The number of nitrogens with zero attached hydrogens (tertiary/aromatic N) is 1. The Morgan fingerprint density at radius 3 is 2.00 bits per heavy atom. The zero-order chi connectivity index (χ0) is 18.5. The second-order valence-corrected chi connectivity index (χ2v) is 5.74. The summed E-state index contributed by atoms with van der Waals surface area (Å²) in [5.74, 6) is -0.859. The molecule has 4 nitrogen and oxygen atoms in total. The van der Waals surface area contributed by atoms with E-state index in [1.54, 1.807) is 36.2 Å². The molecule has 26 heavy (non-hydrogen) atoms. The Bertz CT molecular complexity index is 907. The molecule has 0 radical (unpaired) electrons. The van der Waals surface area contributed by atoms with Crippen molar-refractivity contribution in [3.05, 3.63) is 95.8 Å². The summed E-state index contributed by atoms with van der Waals surface area (Å²) in [6, 6.07) is 21.2. The largest absolute Gasteiger partial charge is 0.322 e. The van der Waals surface area contributed by atoms with E-state index in [0.717, 1.165) is 5.69 Å². The van der Waals surface area contributed by atoms with Gasteiger partial charge in [0.05, 0.1) is 0 Å². The molecule has 0 aromatic heterocycles. The summed E-state index contributed by atoms with van der Waals surface area (Å²) in [5, 5.41) is 2.68. The van der Waals surface area contributed by atoms with E-state index in [9.17, 15) is 14.0 Å². The van der Waals surface area contributed by atoms with Crippen molar-refractivity contribution in [2.75, 3.05) is 17.3 Å². The number of rotatable bonds is 4. The Kier molecular flexibility index (Phi) is 5.08. The van der Waals surface area contributed by atoms with Gasteiger partial charge in [-0.05, 0) is 60.7 Å². The van der Waals surface area contributed by atoms with Crippen molar-refractivity contribution in [3.63, 3.8) is 0 Å². The number of para-hydroxylation sites is 1. The van der Waals surface area contributed by atoms with Gasteiger partial charge in [0.2, 0.25) is 0 Å². The van der Waals surface area contributed by atoms with E-state index in [0.29, 0.717) is 16.8 Å². The number of halogens is 1. The number of carbonyl (C=O) groups excluding carboxylic acids is 2. The van der Waals surface area contributed by atoms with Gasteiger partial charge in [0.1, 0.15) is 5.82 Å². The van der Waals surface area contributed by atoms with Crippen LogP contribution in [0.4, 0.5) is 15.8 Å². The molecule has 0 saturated carbocycles. The molecule has 0 spiro atoms. The van der Waals surface area contributed by atoms with Crippen LogP contribution in [-0.2, 0) is 0 Å². The molecular weight excluding hydrogens is 331 g/mol. The summed E-state index contributed by atoms with van der Waals surface area (Å²) in [6.45, 7) is 0. The van der Waals surface area contributed by atoms with E-state index in [1.807, 2.05) is 30.3 Å². The van der Waals surface area contributed by atoms with Crippen LogP contribution in [0.2, 0.25) is 0 Å². The number of amides is 2. The van der Waals surface area contributed by atoms with Crippen molar-refractivity contribution in [3.8, 4) is 0 Å². The zero-order valence-electron chi connectivity index (χ0n) is 14.1. The van der Waals surface area contributed by atoms with Gasteiger partial charge >= 0.3 is 0 Å². The lowest BCUT2D eigenvalue weighted by atomic mass is 10.1. The average Bonchev–Trinajstić information content (AvgIpc) is 2.69. The monoisotopic (exact) mass is 348 g/mol. The topological polar surface area (TPSA) is 49.4 Å². The lowest BCUT2D eigenvalue weighted by molar-refractivity contribution is 0.0989. The second-order valence-electron chi connectivity index (χ2n) is 5.74. The summed E-state index contributed by atoms with van der Waals surface area (Å²) in [7, 11) is 1.70. The van der Waals surface area contributed by atoms with Crippen LogP contribution in [0, 0.1) is 5.82 Å². The standard InChI is InChI=1S/C21H17FN2O2/c1-24(19-5-3-2-4-6-19)21(26)16-9-7-15(8-10-16)20(25)23-18-13-11-17(22)12-14-18/h2-14H,1H3,(H,23,25). The van der Waals surface area contributed by atoms with Gasteiger partial charge in [0.25, 0.3) is 11.8 Å². The van der Waals surface area contributed by atoms with E-state index >= 15 is 0 Å². The number of hydrogen-bond donors (Lipinski definition) is 1. The molecule has 0 aliphatic carbocycles. The maximum Gasteiger partial charge on any atom is 0.258 e. The maximum absolute atomic E-state index is 12.9. The first-order chi connectivity index (χ1) is 12.5. The lowest BCUT2D eigenvalue weighted by Crippen LogP contribution is -2.26. The minimum atomic E-state index is -0.367. The third-order valence-corrected chi connectivity index (χ3v) is 3.94. The lowest BCUT2D eigenvalue weighted by Gasteiger charge is -2.17. The first-order valence-corrected chi connectivity index (χ1v) is 8.05. The molecule has 0 aliphatic heterocycles. The van der Waals surface area contributed by atoms with Crippen molar-refractivity contribution < 1.29 is 14.0 Å². The Morgan fingerprint density at radius 1 is 0.808 bits per heavy atom. The Labute approximate surface area is 150 Å². The predicted molar refractivity (Wildman–Crippen MR) is 100.0 cm³/mol. The minimum Gasteiger partial charge on any atom is -0.322 e. The van der Waals surface area contributed by atoms with E-state index in [2.05, 4.69) is 5.32 Å². The Morgan fingerprint density at radius 2 is 1.38 bits per heavy atom. The molecule has 3 aromatic rings. The molecule has 0 aliphatic rings. The minimum absolute atomic E-state index is 0.165. The molecule has 0 atom stereocenters. The van der Waals surface area contributed by atoms with E-state index in [1.165, 1.54) is 24.3 Å². The second kappa shape index (κ2) is 7.61. The molecule has 130 valence electrons. The van der Waals surface area contributed by atoms with Crippen LogP contribution in [0.25, 0.3) is 0 Å². The Balaban J connectivity index is 1.70.